The molecule has 216 valence electrons. The van der Waals surface area contributed by atoms with Crippen molar-refractivity contribution in [1.29, 1.82) is 0 Å². The number of nitrogens with zero attached hydrogens (tertiary/aromatic N) is 4. The minimum atomic E-state index is -4.43. The molecule has 0 spiro atoms. The van der Waals surface area contributed by atoms with Crippen LogP contribution in [0.1, 0.15) is 96.4 Å². The summed E-state index contributed by atoms with van der Waals surface area (Å²) >= 11 is 0. The summed E-state index contributed by atoms with van der Waals surface area (Å²) in [5, 5.41) is 11.2. The highest BCUT2D eigenvalue weighted by atomic mass is 19.4. The molecule has 0 radical (unpaired) electrons. The van der Waals surface area contributed by atoms with E-state index < -0.39 is 48.7 Å². The topological polar surface area (TPSA) is 128 Å². The number of primary amides is 1. The van der Waals surface area contributed by atoms with Gasteiger partial charge in [0.05, 0.1) is 36.5 Å². The van der Waals surface area contributed by atoms with Crippen molar-refractivity contribution in [1.82, 2.24) is 25.1 Å². The molecule has 0 bridgehead atoms. The number of halogens is 5. The van der Waals surface area contributed by atoms with Crippen molar-refractivity contribution in [3.63, 3.8) is 0 Å². The zero-order chi connectivity index (χ0) is 28.8. The van der Waals surface area contributed by atoms with E-state index in [9.17, 15) is 31.5 Å². The predicted molar refractivity (Wildman–Crippen MR) is 130 cm³/mol. The maximum absolute atomic E-state index is 14.0. The molecule has 3 aromatic heterocycles. The van der Waals surface area contributed by atoms with Crippen LogP contribution in [0.4, 0.5) is 22.0 Å². The Bertz CT molecular complexity index is 1400. The van der Waals surface area contributed by atoms with Crippen molar-refractivity contribution in [3.05, 3.63) is 46.7 Å². The molecule has 2 aliphatic rings. The molecule has 2 saturated carbocycles. The monoisotopic (exact) mass is 568 g/mol. The number of carbonyl (C=O) groups is 2. The van der Waals surface area contributed by atoms with Crippen LogP contribution >= 0.6 is 0 Å². The summed E-state index contributed by atoms with van der Waals surface area (Å²) in [6, 6.07) is 1.17. The Labute approximate surface area is 225 Å². The van der Waals surface area contributed by atoms with Crippen molar-refractivity contribution in [2.45, 2.75) is 82.3 Å². The first kappa shape index (κ1) is 28.0. The standard InChI is InChI=1S/C26H29F5N6O3/c1-13-20(24(32)39)23(36-40-13)21(14-4-7-25(27,28)8-5-14)17-12-37-18(34-17)10-16(11-33-37)22(15-2-3-15)35-19(38)6-9-26(29,30)31/h10-12,14-15,21-22H,2-9H2,1H3,(H2,32,39)(H,35,38)/t21-,22+/m0/s1. The number of carbonyl (C=O) groups excluding carboxylic acids is 2. The zero-order valence-corrected chi connectivity index (χ0v) is 21.7. The lowest BCUT2D eigenvalue weighted by molar-refractivity contribution is -0.144. The minimum absolute atomic E-state index is 0.0707. The quantitative estimate of drug-likeness (QED) is 0.350. The lowest BCUT2D eigenvalue weighted by Gasteiger charge is -2.32. The third kappa shape index (κ3) is 6.09. The van der Waals surface area contributed by atoms with Gasteiger partial charge in [-0.2, -0.15) is 18.3 Å². The van der Waals surface area contributed by atoms with Crippen molar-refractivity contribution in [3.8, 4) is 0 Å². The fraction of sp³-hybridized carbons (Fsp3) is 0.577. The van der Waals surface area contributed by atoms with E-state index in [1.807, 2.05) is 0 Å². The van der Waals surface area contributed by atoms with E-state index in [-0.39, 0.29) is 54.5 Å². The molecule has 2 aliphatic carbocycles. The van der Waals surface area contributed by atoms with E-state index in [2.05, 4.69) is 15.6 Å². The number of aromatic nitrogens is 4. The Morgan fingerprint density at radius 3 is 2.52 bits per heavy atom. The van der Waals surface area contributed by atoms with E-state index in [1.165, 1.54) is 10.7 Å². The molecule has 2 fully saturated rings. The van der Waals surface area contributed by atoms with Crippen molar-refractivity contribution in [2.24, 2.45) is 17.6 Å². The number of amides is 2. The maximum atomic E-state index is 14.0. The lowest BCUT2D eigenvalue weighted by Crippen LogP contribution is -2.30. The van der Waals surface area contributed by atoms with Crippen LogP contribution in [-0.4, -0.2) is 43.7 Å². The number of aryl methyl sites for hydroxylation is 1. The van der Waals surface area contributed by atoms with Gasteiger partial charge in [0.2, 0.25) is 11.8 Å². The SMILES string of the molecule is Cc1onc([C@H](c2cn3ncc([C@H](NC(=O)CCC(F)(F)F)C4CC4)cc3n2)C2CCC(F)(F)CC2)c1C(N)=O. The molecule has 2 amide bonds. The van der Waals surface area contributed by atoms with Gasteiger partial charge in [0, 0.05) is 19.3 Å². The summed E-state index contributed by atoms with van der Waals surface area (Å²) in [4.78, 5) is 29.2. The second-order valence-corrected chi connectivity index (χ2v) is 10.8. The number of imidazole rings is 1. The average molecular weight is 569 g/mol. The van der Waals surface area contributed by atoms with E-state index in [1.54, 1.807) is 19.2 Å². The summed E-state index contributed by atoms with van der Waals surface area (Å²) < 4.78 is 72.5. The predicted octanol–water partition coefficient (Wildman–Crippen LogP) is 4.99. The van der Waals surface area contributed by atoms with Crippen LogP contribution in [0.5, 0.6) is 0 Å². The highest BCUT2D eigenvalue weighted by Gasteiger charge is 2.42. The van der Waals surface area contributed by atoms with E-state index in [0.717, 1.165) is 12.8 Å². The van der Waals surface area contributed by atoms with E-state index in [4.69, 9.17) is 15.2 Å². The van der Waals surface area contributed by atoms with Crippen molar-refractivity contribution < 1.29 is 36.1 Å². The molecule has 3 N–H and O–H groups in total. The van der Waals surface area contributed by atoms with Crippen LogP contribution in [0.3, 0.4) is 0 Å². The fourth-order valence-electron chi connectivity index (χ4n) is 5.54. The second kappa shape index (κ2) is 10.4. The molecule has 0 saturated heterocycles. The molecule has 5 rings (SSSR count). The van der Waals surface area contributed by atoms with Gasteiger partial charge in [-0.05, 0) is 56.1 Å². The van der Waals surface area contributed by atoms with Gasteiger partial charge >= 0.3 is 6.18 Å². The van der Waals surface area contributed by atoms with E-state index in [0.29, 0.717) is 16.9 Å². The number of nitrogens with one attached hydrogen (secondary N) is 1. The van der Waals surface area contributed by atoms with Crippen LogP contribution in [0.15, 0.2) is 23.0 Å². The number of nitrogens with two attached hydrogens (primary N) is 1. The summed E-state index contributed by atoms with van der Waals surface area (Å²) in [7, 11) is 0. The molecule has 40 heavy (non-hydrogen) atoms. The van der Waals surface area contributed by atoms with Crippen LogP contribution in [0.2, 0.25) is 0 Å². The first-order chi connectivity index (χ1) is 18.8. The Balaban J connectivity index is 1.47. The third-order valence-electron chi connectivity index (χ3n) is 7.75. The number of fused-ring (bicyclic) bond motifs is 1. The van der Waals surface area contributed by atoms with Gasteiger partial charge in [-0.15, -0.1) is 0 Å². The van der Waals surface area contributed by atoms with Crippen molar-refractivity contribution >= 4 is 17.5 Å². The minimum Gasteiger partial charge on any atom is -0.365 e. The first-order valence-corrected chi connectivity index (χ1v) is 13.2. The third-order valence-corrected chi connectivity index (χ3v) is 7.75. The Morgan fingerprint density at radius 2 is 1.90 bits per heavy atom. The number of hydrogen-bond acceptors (Lipinski definition) is 6. The molecule has 14 heteroatoms. The molecular weight excluding hydrogens is 539 g/mol. The molecule has 3 heterocycles. The molecular formula is C26H29F5N6O3. The smallest absolute Gasteiger partial charge is 0.365 e. The van der Waals surface area contributed by atoms with Gasteiger partial charge < -0.3 is 15.6 Å². The summed E-state index contributed by atoms with van der Waals surface area (Å²) in [6.45, 7) is 1.54. The van der Waals surface area contributed by atoms with Gasteiger partial charge in [-0.1, -0.05) is 5.16 Å². The summed E-state index contributed by atoms with van der Waals surface area (Å²) in [5.74, 6) is -4.93. The molecule has 3 aromatic rings. The lowest BCUT2D eigenvalue weighted by atomic mass is 9.75. The maximum Gasteiger partial charge on any atom is 0.389 e. The highest BCUT2D eigenvalue weighted by molar-refractivity contribution is 5.95. The number of alkyl halides is 5. The van der Waals surface area contributed by atoms with Gasteiger partial charge in [-0.3, -0.25) is 9.59 Å². The summed E-state index contributed by atoms with van der Waals surface area (Å²) in [6.07, 6.45) is -1.83. The molecule has 2 atom stereocenters. The van der Waals surface area contributed by atoms with Gasteiger partial charge in [-0.25, -0.2) is 18.3 Å². The van der Waals surface area contributed by atoms with Crippen LogP contribution in [0.25, 0.3) is 5.65 Å². The highest BCUT2D eigenvalue weighted by Crippen LogP contribution is 2.46. The second-order valence-electron chi connectivity index (χ2n) is 10.8. The summed E-state index contributed by atoms with van der Waals surface area (Å²) in [5.41, 5.74) is 7.34. The largest absolute Gasteiger partial charge is 0.389 e. The Kier molecular flexibility index (Phi) is 7.29. The molecule has 0 aromatic carbocycles. The number of rotatable bonds is 9. The number of hydrogen-bond donors (Lipinski definition) is 2. The molecule has 0 unspecified atom stereocenters. The first-order valence-electron chi connectivity index (χ1n) is 13.2. The Morgan fingerprint density at radius 1 is 1.20 bits per heavy atom. The van der Waals surface area contributed by atoms with Crippen LogP contribution in [-0.2, 0) is 4.79 Å². The fourth-order valence-corrected chi connectivity index (χ4v) is 5.54. The van der Waals surface area contributed by atoms with Crippen LogP contribution in [0, 0.1) is 18.8 Å². The molecule has 9 nitrogen and oxygen atoms in total. The van der Waals surface area contributed by atoms with E-state index >= 15 is 0 Å². The normalized spacial score (nSPS) is 19.4. The van der Waals surface area contributed by atoms with Crippen molar-refractivity contribution in [2.75, 3.05) is 0 Å². The zero-order valence-electron chi connectivity index (χ0n) is 21.7. The molecule has 0 aliphatic heterocycles. The van der Waals surface area contributed by atoms with Gasteiger partial charge in [0.1, 0.15) is 17.0 Å². The van der Waals surface area contributed by atoms with Gasteiger partial charge in [0.25, 0.3) is 5.91 Å². The average Bonchev–Trinajstić information content (AvgIpc) is 3.51. The van der Waals surface area contributed by atoms with Gasteiger partial charge in [0.15, 0.2) is 5.65 Å². The van der Waals surface area contributed by atoms with Crippen LogP contribution < -0.4 is 11.1 Å². The Hall–Kier alpha value is -3.58.